The molecule has 0 aliphatic heterocycles. The number of carbonyl (C=O) groups excluding carboxylic acids is 4. The van der Waals surface area contributed by atoms with Crippen LogP contribution in [0.25, 0.3) is 0 Å². The van der Waals surface area contributed by atoms with Crippen LogP contribution in [0, 0.1) is 5.92 Å². The van der Waals surface area contributed by atoms with Gasteiger partial charge in [-0.3, -0.25) is 24.0 Å². The fourth-order valence-electron chi connectivity index (χ4n) is 4.38. The summed E-state index contributed by atoms with van der Waals surface area (Å²) in [7, 11) is 0. The summed E-state index contributed by atoms with van der Waals surface area (Å²) >= 11 is 0. The number of aliphatic carboxylic acids is 1. The van der Waals surface area contributed by atoms with Gasteiger partial charge in [-0.1, -0.05) is 45.1 Å². The van der Waals surface area contributed by atoms with E-state index in [-0.39, 0.29) is 38.7 Å². The number of esters is 3. The van der Waals surface area contributed by atoms with Crippen molar-refractivity contribution in [1.29, 1.82) is 0 Å². The van der Waals surface area contributed by atoms with Crippen LogP contribution in [0.15, 0.2) is 12.3 Å². The molecule has 0 saturated heterocycles. The Labute approximate surface area is 249 Å². The first-order valence-electron chi connectivity index (χ1n) is 14.7. The van der Waals surface area contributed by atoms with Crippen molar-refractivity contribution in [3.05, 3.63) is 12.3 Å². The monoisotopic (exact) mass is 601 g/mol. The summed E-state index contributed by atoms with van der Waals surface area (Å²) in [6, 6.07) is 0. The first kappa shape index (κ1) is 38.9. The Morgan fingerprint density at radius 2 is 1.24 bits per heavy atom. The highest BCUT2D eigenvalue weighted by Crippen LogP contribution is 2.24. The number of nitrogens with one attached hydrogen (secondary N) is 1. The summed E-state index contributed by atoms with van der Waals surface area (Å²) < 4.78 is 27.8. The van der Waals surface area contributed by atoms with Gasteiger partial charge >= 0.3 is 23.9 Å². The summed E-state index contributed by atoms with van der Waals surface area (Å²) in [5, 5.41) is 11.5. The van der Waals surface area contributed by atoms with Crippen LogP contribution >= 0.6 is 0 Å². The number of amides is 1. The molecule has 42 heavy (non-hydrogen) atoms. The molecule has 0 bridgehead atoms. The Morgan fingerprint density at radius 3 is 1.71 bits per heavy atom. The normalized spacial score (nSPS) is 13.6. The Balaban J connectivity index is 5.29. The number of ether oxygens (including phenoxy) is 5. The summed E-state index contributed by atoms with van der Waals surface area (Å²) in [6.07, 6.45) is 5.01. The van der Waals surface area contributed by atoms with Gasteiger partial charge in [0, 0.05) is 40.2 Å². The van der Waals surface area contributed by atoms with E-state index in [9.17, 15) is 24.0 Å². The Kier molecular flexibility index (Phi) is 21.7. The maximum atomic E-state index is 12.6. The molecule has 12 heteroatoms. The van der Waals surface area contributed by atoms with E-state index in [1.807, 2.05) is 0 Å². The topological polar surface area (TPSA) is 164 Å². The third-order valence-corrected chi connectivity index (χ3v) is 6.28. The quantitative estimate of drug-likeness (QED) is 0.0670. The summed E-state index contributed by atoms with van der Waals surface area (Å²) in [5.41, 5.74) is 0. The van der Waals surface area contributed by atoms with E-state index in [1.165, 1.54) is 20.8 Å². The number of carbonyl (C=O) groups is 5. The fraction of sp³-hybridized carbons (Fsp3) is 0.767. The second kappa shape index (κ2) is 23.4. The van der Waals surface area contributed by atoms with Crippen LogP contribution in [0.2, 0.25) is 0 Å². The van der Waals surface area contributed by atoms with Crippen LogP contribution in [-0.4, -0.2) is 79.6 Å². The molecule has 0 aromatic heterocycles. The average molecular weight is 602 g/mol. The minimum atomic E-state index is -1.05. The van der Waals surface area contributed by atoms with E-state index in [4.69, 9.17) is 28.8 Å². The van der Waals surface area contributed by atoms with Crippen molar-refractivity contribution < 1.29 is 52.8 Å². The highest BCUT2D eigenvalue weighted by atomic mass is 16.6. The molecule has 0 aliphatic carbocycles. The van der Waals surface area contributed by atoms with Crippen LogP contribution < -0.4 is 5.32 Å². The molecule has 12 nitrogen and oxygen atoms in total. The smallest absolute Gasteiger partial charge is 0.303 e. The largest absolute Gasteiger partial charge is 0.490 e. The lowest BCUT2D eigenvalue weighted by molar-refractivity contribution is -0.177. The van der Waals surface area contributed by atoms with Crippen molar-refractivity contribution in [3.63, 3.8) is 0 Å². The molecule has 0 rings (SSSR count). The highest BCUT2D eigenvalue weighted by Gasteiger charge is 2.41. The van der Waals surface area contributed by atoms with Gasteiger partial charge in [0.25, 0.3) is 0 Å². The van der Waals surface area contributed by atoms with Crippen molar-refractivity contribution in [2.45, 2.75) is 117 Å². The molecular weight excluding hydrogens is 550 g/mol. The molecule has 0 aromatic rings. The summed E-state index contributed by atoms with van der Waals surface area (Å²) in [5.74, 6) is -3.17. The van der Waals surface area contributed by atoms with E-state index in [0.717, 1.165) is 38.5 Å². The Morgan fingerprint density at radius 1 is 0.714 bits per heavy atom. The number of rotatable bonds is 25. The zero-order valence-corrected chi connectivity index (χ0v) is 25.9. The second-order valence-corrected chi connectivity index (χ2v) is 10.2. The van der Waals surface area contributed by atoms with Crippen LogP contribution in [-0.2, 0) is 47.7 Å². The highest BCUT2D eigenvalue weighted by molar-refractivity contribution is 5.75. The average Bonchev–Trinajstić information content (AvgIpc) is 2.89. The van der Waals surface area contributed by atoms with Gasteiger partial charge in [0.05, 0.1) is 18.2 Å². The summed E-state index contributed by atoms with van der Waals surface area (Å²) in [6.45, 7) is 10.7. The fourth-order valence-corrected chi connectivity index (χ4v) is 4.38. The minimum Gasteiger partial charge on any atom is -0.490 e. The second-order valence-electron chi connectivity index (χ2n) is 10.2. The third kappa shape index (κ3) is 20.7. The maximum absolute atomic E-state index is 12.6. The van der Waals surface area contributed by atoms with Gasteiger partial charge in [0.1, 0.15) is 25.4 Å². The third-order valence-electron chi connectivity index (χ3n) is 6.28. The number of allylic oxidation sites excluding steroid dienone is 1. The molecule has 0 radical (unpaired) electrons. The number of unbranched alkanes of at least 4 members (excludes halogenated alkanes) is 7. The van der Waals surface area contributed by atoms with Gasteiger partial charge in [-0.2, -0.15) is 0 Å². The van der Waals surface area contributed by atoms with Crippen LogP contribution in [0.3, 0.4) is 0 Å². The molecule has 1 amide bonds. The van der Waals surface area contributed by atoms with Crippen molar-refractivity contribution in [1.82, 2.24) is 5.32 Å². The van der Waals surface area contributed by atoms with Crippen molar-refractivity contribution in [2.24, 2.45) is 5.92 Å². The Bertz CT molecular complexity index is 845. The van der Waals surface area contributed by atoms with Gasteiger partial charge in [0.15, 0.2) is 6.10 Å². The van der Waals surface area contributed by atoms with Crippen LogP contribution in [0.1, 0.15) is 98.8 Å². The van der Waals surface area contributed by atoms with Crippen LogP contribution in [0.4, 0.5) is 0 Å². The SMILES string of the molecule is C=C(C)O[C@@H](CNC(=O)CCCCCCCCCCC(=O)O)C(OC(C)=O)C(COC(C)=O)[C@@H](COC(C)=O)OCC. The first-order chi connectivity index (χ1) is 19.9. The lowest BCUT2D eigenvalue weighted by atomic mass is 9.92. The molecule has 0 aromatic carbocycles. The van der Waals surface area contributed by atoms with Crippen molar-refractivity contribution >= 4 is 29.8 Å². The number of hydrogen-bond donors (Lipinski definition) is 2. The van der Waals surface area contributed by atoms with E-state index in [2.05, 4.69) is 11.9 Å². The molecule has 2 N–H and O–H groups in total. The summed E-state index contributed by atoms with van der Waals surface area (Å²) in [4.78, 5) is 58.5. The van der Waals surface area contributed by atoms with E-state index in [0.29, 0.717) is 25.0 Å². The first-order valence-corrected chi connectivity index (χ1v) is 14.7. The van der Waals surface area contributed by atoms with Gasteiger partial charge in [-0.25, -0.2) is 0 Å². The standard InChI is InChI=1S/C30H51NO11/c1-7-38-27(20-40-23(5)33)25(19-39-22(4)32)30(42-24(6)34)26(41-21(2)3)18-31-28(35)16-14-12-10-8-9-11-13-15-17-29(36)37/h25-27,30H,2,7-20H2,1,3-6H3,(H,31,35)(H,36,37)/t25?,26-,27+,30?/m0/s1. The molecule has 0 heterocycles. The molecule has 0 saturated carbocycles. The van der Waals surface area contributed by atoms with Gasteiger partial charge in [-0.15, -0.1) is 0 Å². The number of carboxylic acids is 1. The lowest BCUT2D eigenvalue weighted by Gasteiger charge is -2.36. The zero-order valence-electron chi connectivity index (χ0n) is 25.9. The predicted octanol–water partition coefficient (Wildman–Crippen LogP) is 4.09. The molecule has 4 atom stereocenters. The van der Waals surface area contributed by atoms with Crippen molar-refractivity contribution in [2.75, 3.05) is 26.4 Å². The molecular formula is C30H51NO11. The number of hydrogen-bond acceptors (Lipinski definition) is 10. The molecule has 242 valence electrons. The lowest BCUT2D eigenvalue weighted by Crippen LogP contribution is -2.52. The van der Waals surface area contributed by atoms with E-state index >= 15 is 0 Å². The van der Waals surface area contributed by atoms with Gasteiger partial charge in [0.2, 0.25) is 5.91 Å². The van der Waals surface area contributed by atoms with Crippen molar-refractivity contribution in [3.8, 4) is 0 Å². The van der Waals surface area contributed by atoms with Gasteiger partial charge < -0.3 is 34.1 Å². The maximum Gasteiger partial charge on any atom is 0.303 e. The minimum absolute atomic E-state index is 0.0248. The van der Waals surface area contributed by atoms with Crippen LogP contribution in [0.5, 0.6) is 0 Å². The Hall–Kier alpha value is -3.15. The van der Waals surface area contributed by atoms with E-state index < -0.39 is 48.1 Å². The molecule has 0 fully saturated rings. The van der Waals surface area contributed by atoms with Gasteiger partial charge in [-0.05, 0) is 26.7 Å². The van der Waals surface area contributed by atoms with E-state index in [1.54, 1.807) is 13.8 Å². The molecule has 0 aliphatic rings. The molecule has 0 spiro atoms. The number of carboxylic acid groups (broad SMARTS) is 1. The predicted molar refractivity (Wildman–Crippen MR) is 154 cm³/mol. The molecule has 2 unspecified atom stereocenters. The zero-order chi connectivity index (χ0) is 31.9.